The van der Waals surface area contributed by atoms with Gasteiger partial charge >= 0.3 is 12.0 Å². The number of benzene rings is 2. The Hall–Kier alpha value is -2.80. The average molecular weight is 392 g/mol. The molecule has 1 heterocycles. The molecule has 1 fully saturated rings. The number of urea groups is 1. The number of esters is 1. The SMILES string of the molecule is COC(=O)c1ccc(Cl)c(NC(=O)N2CCN(c3cccc(F)c3)CC2)c1. The summed E-state index contributed by atoms with van der Waals surface area (Å²) < 4.78 is 18.1. The number of nitrogens with one attached hydrogen (secondary N) is 1. The van der Waals surface area contributed by atoms with Crippen LogP contribution in [0.4, 0.5) is 20.6 Å². The van der Waals surface area contributed by atoms with E-state index < -0.39 is 5.97 Å². The number of anilines is 2. The van der Waals surface area contributed by atoms with E-state index in [9.17, 15) is 14.0 Å². The number of methoxy groups -OCH3 is 1. The monoisotopic (exact) mass is 391 g/mol. The van der Waals surface area contributed by atoms with E-state index >= 15 is 0 Å². The van der Waals surface area contributed by atoms with Crippen LogP contribution in [0.25, 0.3) is 0 Å². The van der Waals surface area contributed by atoms with Crippen molar-refractivity contribution in [2.45, 2.75) is 0 Å². The molecule has 0 saturated carbocycles. The van der Waals surface area contributed by atoms with E-state index in [1.807, 2.05) is 11.0 Å². The molecule has 0 aliphatic carbocycles. The maximum atomic E-state index is 13.4. The second kappa shape index (κ2) is 8.26. The molecule has 2 aromatic carbocycles. The Kier molecular flexibility index (Phi) is 5.81. The summed E-state index contributed by atoms with van der Waals surface area (Å²) in [5, 5.41) is 3.06. The average Bonchev–Trinajstić information content (AvgIpc) is 2.69. The van der Waals surface area contributed by atoms with E-state index in [0.717, 1.165) is 5.69 Å². The minimum atomic E-state index is -0.508. The molecule has 1 saturated heterocycles. The van der Waals surface area contributed by atoms with Crippen molar-refractivity contribution in [3.63, 3.8) is 0 Å². The topological polar surface area (TPSA) is 61.9 Å². The van der Waals surface area contributed by atoms with Crippen LogP contribution in [0.15, 0.2) is 42.5 Å². The Bertz CT molecular complexity index is 854. The molecule has 142 valence electrons. The fourth-order valence-corrected chi connectivity index (χ4v) is 3.07. The lowest BCUT2D eigenvalue weighted by atomic mass is 10.2. The van der Waals surface area contributed by atoms with Crippen molar-refractivity contribution >= 4 is 35.0 Å². The third-order valence-electron chi connectivity index (χ3n) is 4.37. The zero-order valence-corrected chi connectivity index (χ0v) is 15.5. The number of hydrogen-bond acceptors (Lipinski definition) is 4. The third kappa shape index (κ3) is 4.49. The quantitative estimate of drug-likeness (QED) is 0.812. The molecule has 0 bridgehead atoms. The third-order valence-corrected chi connectivity index (χ3v) is 4.70. The molecule has 1 aliphatic rings. The summed E-state index contributed by atoms with van der Waals surface area (Å²) in [5.74, 6) is -0.793. The standard InChI is InChI=1S/C19H19ClFN3O3/c1-27-18(25)13-5-6-16(20)17(11-13)22-19(26)24-9-7-23(8-10-24)15-4-2-3-14(21)12-15/h2-6,11-12H,7-10H2,1H3,(H,22,26). The number of halogens is 2. The molecule has 0 atom stereocenters. The van der Waals surface area contributed by atoms with Crippen LogP contribution in [0.5, 0.6) is 0 Å². The van der Waals surface area contributed by atoms with Crippen molar-refractivity contribution in [2.75, 3.05) is 43.5 Å². The Labute approximate surface area is 161 Å². The maximum absolute atomic E-state index is 13.4. The van der Waals surface area contributed by atoms with Crippen molar-refractivity contribution in [3.05, 3.63) is 58.9 Å². The first-order valence-corrected chi connectivity index (χ1v) is 8.80. The minimum absolute atomic E-state index is 0.284. The summed E-state index contributed by atoms with van der Waals surface area (Å²) in [6, 6.07) is 10.6. The minimum Gasteiger partial charge on any atom is -0.465 e. The number of rotatable bonds is 3. The molecule has 2 amide bonds. The molecule has 0 aromatic heterocycles. The Morgan fingerprint density at radius 1 is 1.11 bits per heavy atom. The van der Waals surface area contributed by atoms with Crippen LogP contribution in [0.2, 0.25) is 5.02 Å². The molecule has 1 aliphatic heterocycles. The molecule has 2 aromatic rings. The first kappa shape index (κ1) is 19.0. The zero-order valence-electron chi connectivity index (χ0n) is 14.7. The van der Waals surface area contributed by atoms with E-state index in [2.05, 4.69) is 10.1 Å². The van der Waals surface area contributed by atoms with Gasteiger partial charge in [0.1, 0.15) is 5.82 Å². The number of hydrogen-bond donors (Lipinski definition) is 1. The lowest BCUT2D eigenvalue weighted by Crippen LogP contribution is -2.50. The molecule has 0 unspecified atom stereocenters. The predicted octanol–water partition coefficient (Wildman–Crippen LogP) is 3.62. The van der Waals surface area contributed by atoms with Gasteiger partial charge in [-0.05, 0) is 36.4 Å². The number of carbonyl (C=O) groups is 2. The summed E-state index contributed by atoms with van der Waals surface area (Å²) >= 11 is 6.12. The van der Waals surface area contributed by atoms with Gasteiger partial charge in [0.25, 0.3) is 0 Å². The van der Waals surface area contributed by atoms with Crippen LogP contribution in [0.1, 0.15) is 10.4 Å². The van der Waals surface area contributed by atoms with Crippen LogP contribution in [-0.4, -0.2) is 50.2 Å². The fourth-order valence-electron chi connectivity index (χ4n) is 2.90. The molecule has 1 N–H and O–H groups in total. The highest BCUT2D eigenvalue weighted by atomic mass is 35.5. The summed E-state index contributed by atoms with van der Waals surface area (Å²) in [5.41, 5.74) is 1.44. The maximum Gasteiger partial charge on any atom is 0.337 e. The van der Waals surface area contributed by atoms with Crippen LogP contribution in [-0.2, 0) is 4.74 Å². The highest BCUT2D eigenvalue weighted by Gasteiger charge is 2.22. The van der Waals surface area contributed by atoms with E-state index in [4.69, 9.17) is 11.6 Å². The van der Waals surface area contributed by atoms with Crippen LogP contribution >= 0.6 is 11.6 Å². The second-order valence-electron chi connectivity index (χ2n) is 6.07. The van der Waals surface area contributed by atoms with E-state index in [1.165, 1.54) is 37.4 Å². The second-order valence-corrected chi connectivity index (χ2v) is 6.48. The Morgan fingerprint density at radius 3 is 2.52 bits per heavy atom. The molecule has 6 nitrogen and oxygen atoms in total. The highest BCUT2D eigenvalue weighted by Crippen LogP contribution is 2.24. The normalized spacial score (nSPS) is 14.0. The van der Waals surface area contributed by atoms with E-state index in [1.54, 1.807) is 11.0 Å². The number of carbonyl (C=O) groups excluding carboxylic acids is 2. The summed E-state index contributed by atoms with van der Waals surface area (Å²) in [6.45, 7) is 2.15. The van der Waals surface area contributed by atoms with Gasteiger partial charge in [-0.3, -0.25) is 0 Å². The fraction of sp³-hybridized carbons (Fsp3) is 0.263. The van der Waals surface area contributed by atoms with Gasteiger partial charge in [0.05, 0.1) is 23.4 Å². The lowest BCUT2D eigenvalue weighted by molar-refractivity contribution is 0.0600. The van der Waals surface area contributed by atoms with Gasteiger partial charge in [0.15, 0.2) is 0 Å². The Morgan fingerprint density at radius 2 is 1.85 bits per heavy atom. The summed E-state index contributed by atoms with van der Waals surface area (Å²) in [7, 11) is 1.29. The zero-order chi connectivity index (χ0) is 19.4. The van der Waals surface area contributed by atoms with Crippen LogP contribution in [0.3, 0.4) is 0 Å². The van der Waals surface area contributed by atoms with Gasteiger partial charge in [-0.2, -0.15) is 0 Å². The molecule has 0 spiro atoms. The first-order valence-electron chi connectivity index (χ1n) is 8.42. The highest BCUT2D eigenvalue weighted by molar-refractivity contribution is 6.33. The summed E-state index contributed by atoms with van der Waals surface area (Å²) in [4.78, 5) is 27.8. The smallest absolute Gasteiger partial charge is 0.337 e. The number of amides is 2. The van der Waals surface area contributed by atoms with E-state index in [0.29, 0.717) is 42.5 Å². The summed E-state index contributed by atoms with van der Waals surface area (Å²) in [6.07, 6.45) is 0. The number of nitrogens with zero attached hydrogens (tertiary/aromatic N) is 2. The van der Waals surface area contributed by atoms with Gasteiger partial charge in [-0.1, -0.05) is 17.7 Å². The molecule has 8 heteroatoms. The first-order chi connectivity index (χ1) is 13.0. The predicted molar refractivity (Wildman–Crippen MR) is 102 cm³/mol. The van der Waals surface area contributed by atoms with E-state index in [-0.39, 0.29) is 11.8 Å². The largest absolute Gasteiger partial charge is 0.465 e. The van der Waals surface area contributed by atoms with Gasteiger partial charge in [-0.15, -0.1) is 0 Å². The van der Waals surface area contributed by atoms with Gasteiger partial charge < -0.3 is 19.9 Å². The molecular weight excluding hydrogens is 373 g/mol. The van der Waals surface area contributed by atoms with Crippen LogP contribution in [0, 0.1) is 5.82 Å². The van der Waals surface area contributed by atoms with Crippen molar-refractivity contribution in [3.8, 4) is 0 Å². The van der Waals surface area contributed by atoms with Crippen molar-refractivity contribution in [1.29, 1.82) is 0 Å². The molecular formula is C19H19ClFN3O3. The van der Waals surface area contributed by atoms with Gasteiger partial charge in [-0.25, -0.2) is 14.0 Å². The lowest BCUT2D eigenvalue weighted by Gasteiger charge is -2.36. The number of ether oxygens (including phenoxy) is 1. The number of piperazine rings is 1. The van der Waals surface area contributed by atoms with Crippen molar-refractivity contribution in [1.82, 2.24) is 4.90 Å². The Balaban J connectivity index is 1.62. The molecule has 0 radical (unpaired) electrons. The van der Waals surface area contributed by atoms with Gasteiger partial charge in [0, 0.05) is 31.9 Å². The van der Waals surface area contributed by atoms with Gasteiger partial charge in [0.2, 0.25) is 0 Å². The van der Waals surface area contributed by atoms with Crippen molar-refractivity contribution < 1.29 is 18.7 Å². The van der Waals surface area contributed by atoms with Crippen LogP contribution < -0.4 is 10.2 Å². The molecule has 27 heavy (non-hydrogen) atoms. The van der Waals surface area contributed by atoms with Crippen molar-refractivity contribution in [2.24, 2.45) is 0 Å². The molecule has 3 rings (SSSR count).